The van der Waals surface area contributed by atoms with E-state index in [0.717, 1.165) is 9.32 Å². The van der Waals surface area contributed by atoms with Crippen LogP contribution in [0.3, 0.4) is 0 Å². The molecule has 1 amide bonds. The molecule has 1 N–H and O–H groups in total. The predicted molar refractivity (Wildman–Crippen MR) is 90.5 cm³/mol. The third-order valence-electron chi connectivity index (χ3n) is 3.15. The fourth-order valence-electron chi connectivity index (χ4n) is 2.07. The molecule has 1 aliphatic rings. The second-order valence-corrected chi connectivity index (χ2v) is 7.11. The fourth-order valence-corrected chi connectivity index (χ4v) is 3.71. The maximum absolute atomic E-state index is 12.7. The Balaban J connectivity index is 2.38. The Bertz CT molecular complexity index is 584. The molecule has 1 aliphatic heterocycles. The van der Waals surface area contributed by atoms with Crippen molar-refractivity contribution < 1.29 is 19.4 Å². The molecule has 1 heterocycles. The molecule has 1 aromatic rings. The molecule has 0 spiro atoms. The number of amides is 1. The molecule has 2 rings (SSSR count). The number of ether oxygens (including phenoxy) is 1. The first-order valence-corrected chi connectivity index (χ1v) is 8.71. The van der Waals surface area contributed by atoms with Crippen LogP contribution in [0.2, 0.25) is 5.02 Å². The van der Waals surface area contributed by atoms with Gasteiger partial charge in [0.25, 0.3) is 5.91 Å². The van der Waals surface area contributed by atoms with Crippen molar-refractivity contribution in [3.63, 3.8) is 0 Å². The minimum absolute atomic E-state index is 0.293. The Morgan fingerprint density at radius 3 is 2.86 bits per heavy atom. The number of rotatable bonds is 3. The third-order valence-corrected chi connectivity index (χ3v) is 5.69. The van der Waals surface area contributed by atoms with Gasteiger partial charge in [0.2, 0.25) is 0 Å². The Morgan fingerprint density at radius 1 is 1.52 bits per heavy atom. The maximum Gasteiger partial charge on any atom is 0.327 e. The molecular weight excluding hydrogens is 429 g/mol. The molecular formula is C13H13ClINO4S. The van der Waals surface area contributed by atoms with E-state index >= 15 is 0 Å². The summed E-state index contributed by atoms with van der Waals surface area (Å²) in [5, 5.41) is 9.71. The number of carboxylic acid groups (broad SMARTS) is 1. The molecule has 1 atom stereocenters. The van der Waals surface area contributed by atoms with Crippen LogP contribution in [0.1, 0.15) is 10.4 Å². The van der Waals surface area contributed by atoms with Crippen molar-refractivity contribution in [2.45, 2.75) is 6.04 Å². The number of aliphatic carboxylic acids is 1. The van der Waals surface area contributed by atoms with Gasteiger partial charge in [-0.25, -0.2) is 4.79 Å². The zero-order valence-corrected chi connectivity index (χ0v) is 14.9. The van der Waals surface area contributed by atoms with Crippen LogP contribution in [-0.4, -0.2) is 53.1 Å². The van der Waals surface area contributed by atoms with Gasteiger partial charge in [0.05, 0.1) is 17.7 Å². The minimum Gasteiger partial charge on any atom is -0.496 e. The first kappa shape index (κ1) is 16.7. The largest absolute Gasteiger partial charge is 0.496 e. The summed E-state index contributed by atoms with van der Waals surface area (Å²) in [4.78, 5) is 25.4. The number of carboxylic acids is 1. The van der Waals surface area contributed by atoms with Crippen molar-refractivity contribution in [1.82, 2.24) is 4.90 Å². The van der Waals surface area contributed by atoms with Gasteiger partial charge in [-0.15, -0.1) is 0 Å². The van der Waals surface area contributed by atoms with Crippen LogP contribution in [0, 0.1) is 3.57 Å². The zero-order chi connectivity index (χ0) is 15.6. The number of hydrogen-bond donors (Lipinski definition) is 1. The topological polar surface area (TPSA) is 66.8 Å². The Labute approximate surface area is 145 Å². The van der Waals surface area contributed by atoms with Crippen molar-refractivity contribution in [3.8, 4) is 5.75 Å². The van der Waals surface area contributed by atoms with Crippen LogP contribution in [0.4, 0.5) is 0 Å². The summed E-state index contributed by atoms with van der Waals surface area (Å²) < 4.78 is 6.00. The fraction of sp³-hybridized carbons (Fsp3) is 0.385. The molecule has 0 radical (unpaired) electrons. The number of benzene rings is 1. The number of carbonyl (C=O) groups is 2. The van der Waals surface area contributed by atoms with Gasteiger partial charge >= 0.3 is 5.97 Å². The molecule has 5 nitrogen and oxygen atoms in total. The van der Waals surface area contributed by atoms with Gasteiger partial charge in [-0.2, -0.15) is 11.8 Å². The van der Waals surface area contributed by atoms with Crippen molar-refractivity contribution >= 4 is 57.8 Å². The summed E-state index contributed by atoms with van der Waals surface area (Å²) in [5.41, 5.74) is 0.293. The molecule has 8 heteroatoms. The van der Waals surface area contributed by atoms with Crippen LogP contribution >= 0.6 is 46.0 Å². The highest BCUT2D eigenvalue weighted by molar-refractivity contribution is 14.1. The summed E-state index contributed by atoms with van der Waals surface area (Å²) >= 11 is 9.65. The molecule has 1 unspecified atom stereocenters. The number of halogens is 2. The Hall–Kier alpha value is -0.670. The smallest absolute Gasteiger partial charge is 0.327 e. The third kappa shape index (κ3) is 3.57. The summed E-state index contributed by atoms with van der Waals surface area (Å²) in [6.45, 7) is 0.396. The molecule has 114 valence electrons. The number of carbonyl (C=O) groups excluding carboxylic acids is 1. The van der Waals surface area contributed by atoms with Crippen LogP contribution in [0.25, 0.3) is 0 Å². The van der Waals surface area contributed by atoms with E-state index in [1.54, 1.807) is 6.07 Å². The van der Waals surface area contributed by atoms with Crippen LogP contribution in [-0.2, 0) is 4.79 Å². The lowest BCUT2D eigenvalue weighted by molar-refractivity contribution is -0.141. The van der Waals surface area contributed by atoms with Gasteiger partial charge in [-0.3, -0.25) is 4.79 Å². The minimum atomic E-state index is -0.994. The number of hydrogen-bond acceptors (Lipinski definition) is 4. The van der Waals surface area contributed by atoms with E-state index in [0.29, 0.717) is 28.6 Å². The van der Waals surface area contributed by atoms with Gasteiger partial charge in [-0.1, -0.05) is 11.6 Å². The van der Waals surface area contributed by atoms with E-state index in [4.69, 9.17) is 16.3 Å². The summed E-state index contributed by atoms with van der Waals surface area (Å²) in [6.07, 6.45) is 0. The van der Waals surface area contributed by atoms with E-state index in [1.807, 2.05) is 22.6 Å². The van der Waals surface area contributed by atoms with Crippen LogP contribution < -0.4 is 4.74 Å². The Kier molecular flexibility index (Phi) is 5.61. The van der Waals surface area contributed by atoms with Gasteiger partial charge in [0, 0.05) is 21.6 Å². The lowest BCUT2D eigenvalue weighted by atomic mass is 10.1. The first-order chi connectivity index (χ1) is 9.95. The molecule has 1 aromatic carbocycles. The maximum atomic E-state index is 12.7. The summed E-state index contributed by atoms with van der Waals surface area (Å²) in [7, 11) is 1.47. The van der Waals surface area contributed by atoms with E-state index in [2.05, 4.69) is 0 Å². The van der Waals surface area contributed by atoms with Gasteiger partial charge in [0.15, 0.2) is 0 Å². The second-order valence-electron chi connectivity index (χ2n) is 4.39. The summed E-state index contributed by atoms with van der Waals surface area (Å²) in [6, 6.07) is 2.38. The van der Waals surface area contributed by atoms with Crippen molar-refractivity contribution in [3.05, 3.63) is 26.3 Å². The highest BCUT2D eigenvalue weighted by atomic mass is 127. The van der Waals surface area contributed by atoms with E-state index < -0.39 is 12.0 Å². The van der Waals surface area contributed by atoms with Crippen molar-refractivity contribution in [2.75, 3.05) is 25.2 Å². The molecule has 0 bridgehead atoms. The normalized spacial score (nSPS) is 18.4. The van der Waals surface area contributed by atoms with Crippen LogP contribution in [0.15, 0.2) is 12.1 Å². The summed E-state index contributed by atoms with van der Waals surface area (Å²) in [5.74, 6) is 0.150. The number of thioether (sulfide) groups is 1. The molecule has 1 fully saturated rings. The SMILES string of the molecule is COc1cc(I)c(Cl)cc1C(=O)N1CCSCC1C(=O)O. The van der Waals surface area contributed by atoms with Crippen LogP contribution in [0.5, 0.6) is 5.75 Å². The standard InChI is InChI=1S/C13H13ClINO4S/c1-20-11-5-9(15)8(14)4-7(11)12(17)16-2-3-21-6-10(16)13(18)19/h4-5,10H,2-3,6H2,1H3,(H,18,19). The quantitative estimate of drug-likeness (QED) is 0.731. The van der Waals surface area contributed by atoms with Gasteiger partial charge in [0.1, 0.15) is 11.8 Å². The lowest BCUT2D eigenvalue weighted by Crippen LogP contribution is -2.50. The number of nitrogens with zero attached hydrogens (tertiary/aromatic N) is 1. The molecule has 0 saturated carbocycles. The zero-order valence-electron chi connectivity index (χ0n) is 11.1. The lowest BCUT2D eigenvalue weighted by Gasteiger charge is -2.33. The highest BCUT2D eigenvalue weighted by Gasteiger charge is 2.34. The molecule has 0 aromatic heterocycles. The predicted octanol–water partition coefficient (Wildman–Crippen LogP) is 2.60. The number of methoxy groups -OCH3 is 1. The van der Waals surface area contributed by atoms with E-state index in [-0.39, 0.29) is 5.91 Å². The van der Waals surface area contributed by atoms with Gasteiger partial charge in [-0.05, 0) is 34.7 Å². The average Bonchev–Trinajstić information content (AvgIpc) is 2.48. The second kappa shape index (κ2) is 7.06. The molecule has 21 heavy (non-hydrogen) atoms. The highest BCUT2D eigenvalue weighted by Crippen LogP contribution is 2.30. The first-order valence-electron chi connectivity index (χ1n) is 6.10. The van der Waals surface area contributed by atoms with E-state index in [9.17, 15) is 14.7 Å². The van der Waals surface area contributed by atoms with Crippen molar-refractivity contribution in [2.24, 2.45) is 0 Å². The molecule has 1 saturated heterocycles. The van der Waals surface area contributed by atoms with E-state index in [1.165, 1.54) is 29.8 Å². The monoisotopic (exact) mass is 441 g/mol. The molecule has 0 aliphatic carbocycles. The average molecular weight is 442 g/mol. The van der Waals surface area contributed by atoms with Crippen molar-refractivity contribution in [1.29, 1.82) is 0 Å². The Morgan fingerprint density at radius 2 is 2.24 bits per heavy atom. The van der Waals surface area contributed by atoms with Gasteiger partial charge < -0.3 is 14.7 Å².